The number of nitrogens with one attached hydrogen (secondary N) is 1. The zero-order valence-electron chi connectivity index (χ0n) is 14.0. The fourth-order valence-corrected chi connectivity index (χ4v) is 2.13. The Bertz CT molecular complexity index is 436. The number of rotatable bonds is 9. The van der Waals surface area contributed by atoms with Crippen molar-refractivity contribution in [2.45, 2.75) is 26.4 Å². The molecular weight excluding hydrogens is 268 g/mol. The van der Waals surface area contributed by atoms with Crippen LogP contribution in [0.4, 0.5) is 0 Å². The van der Waals surface area contributed by atoms with Gasteiger partial charge < -0.3 is 24.4 Å². The van der Waals surface area contributed by atoms with E-state index in [1.54, 1.807) is 21.3 Å². The van der Waals surface area contributed by atoms with E-state index < -0.39 is 0 Å². The van der Waals surface area contributed by atoms with Crippen molar-refractivity contribution in [3.05, 3.63) is 17.7 Å². The third-order valence-electron chi connectivity index (χ3n) is 3.27. The largest absolute Gasteiger partial charge is 0.496 e. The molecule has 0 fully saturated rings. The van der Waals surface area contributed by atoms with E-state index in [0.717, 1.165) is 36.7 Å². The van der Waals surface area contributed by atoms with Crippen molar-refractivity contribution in [2.75, 3.05) is 41.5 Å². The van der Waals surface area contributed by atoms with Crippen LogP contribution in [0.15, 0.2) is 12.1 Å². The molecule has 21 heavy (non-hydrogen) atoms. The van der Waals surface area contributed by atoms with Gasteiger partial charge in [-0.1, -0.05) is 13.8 Å². The quantitative estimate of drug-likeness (QED) is 0.756. The predicted octanol–water partition coefficient (Wildman–Crippen LogP) is 2.14. The van der Waals surface area contributed by atoms with Crippen LogP contribution in [-0.2, 0) is 6.54 Å². The maximum absolute atomic E-state index is 5.45. The Morgan fingerprint density at radius 2 is 1.57 bits per heavy atom. The van der Waals surface area contributed by atoms with Crippen molar-refractivity contribution in [1.29, 1.82) is 0 Å². The van der Waals surface area contributed by atoms with Gasteiger partial charge in [0.1, 0.15) is 5.75 Å². The zero-order valence-corrected chi connectivity index (χ0v) is 14.0. The first-order chi connectivity index (χ1) is 10.0. The van der Waals surface area contributed by atoms with Crippen LogP contribution in [0.25, 0.3) is 0 Å². The van der Waals surface area contributed by atoms with E-state index in [-0.39, 0.29) is 0 Å². The molecular formula is C16H28N2O3. The molecule has 0 saturated heterocycles. The second-order valence-corrected chi connectivity index (χ2v) is 5.37. The van der Waals surface area contributed by atoms with Gasteiger partial charge in [-0.2, -0.15) is 0 Å². The lowest BCUT2D eigenvalue weighted by Gasteiger charge is -2.20. The molecule has 5 heteroatoms. The predicted molar refractivity (Wildman–Crippen MR) is 85.6 cm³/mol. The molecule has 0 spiro atoms. The van der Waals surface area contributed by atoms with Crippen molar-refractivity contribution in [1.82, 2.24) is 10.2 Å². The van der Waals surface area contributed by atoms with Gasteiger partial charge in [0.25, 0.3) is 0 Å². The van der Waals surface area contributed by atoms with Crippen molar-refractivity contribution in [3.63, 3.8) is 0 Å². The standard InChI is InChI=1S/C16H28N2O3/c1-12(2)17-7-8-18(3)11-13-9-15(20-5)16(21-6)10-14(13)19-4/h9-10,12,17H,7-8,11H2,1-6H3. The van der Waals surface area contributed by atoms with E-state index in [0.29, 0.717) is 11.8 Å². The van der Waals surface area contributed by atoms with Crippen molar-refractivity contribution in [2.24, 2.45) is 0 Å². The highest BCUT2D eigenvalue weighted by atomic mass is 16.5. The van der Waals surface area contributed by atoms with E-state index in [1.165, 1.54) is 0 Å². The van der Waals surface area contributed by atoms with Gasteiger partial charge in [-0.25, -0.2) is 0 Å². The minimum atomic E-state index is 0.508. The van der Waals surface area contributed by atoms with Crippen LogP contribution in [-0.4, -0.2) is 52.4 Å². The Labute approximate surface area is 128 Å². The molecule has 1 N–H and O–H groups in total. The number of methoxy groups -OCH3 is 3. The van der Waals surface area contributed by atoms with Crippen LogP contribution < -0.4 is 19.5 Å². The Hall–Kier alpha value is -1.46. The normalized spacial score (nSPS) is 11.0. The summed E-state index contributed by atoms with van der Waals surface area (Å²) in [5.41, 5.74) is 1.09. The van der Waals surface area contributed by atoms with Crippen LogP contribution in [0.5, 0.6) is 17.2 Å². The highest BCUT2D eigenvalue weighted by Crippen LogP contribution is 2.34. The second-order valence-electron chi connectivity index (χ2n) is 5.37. The van der Waals surface area contributed by atoms with Crippen LogP contribution in [0.3, 0.4) is 0 Å². The number of hydrogen-bond donors (Lipinski definition) is 1. The SMILES string of the molecule is COc1cc(OC)c(OC)cc1CN(C)CCNC(C)C. The fraction of sp³-hybridized carbons (Fsp3) is 0.625. The number of nitrogens with zero attached hydrogens (tertiary/aromatic N) is 1. The van der Waals surface area contributed by atoms with E-state index >= 15 is 0 Å². The van der Waals surface area contributed by atoms with Gasteiger partial charge in [-0.05, 0) is 13.1 Å². The number of likely N-dealkylation sites (N-methyl/N-ethyl adjacent to an activating group) is 1. The smallest absolute Gasteiger partial charge is 0.164 e. The lowest BCUT2D eigenvalue weighted by molar-refractivity contribution is 0.307. The molecule has 5 nitrogen and oxygen atoms in total. The van der Waals surface area contributed by atoms with Gasteiger partial charge in [-0.15, -0.1) is 0 Å². The average Bonchev–Trinajstić information content (AvgIpc) is 2.46. The first-order valence-corrected chi connectivity index (χ1v) is 7.22. The summed E-state index contributed by atoms with van der Waals surface area (Å²) in [7, 11) is 7.04. The average molecular weight is 296 g/mol. The summed E-state index contributed by atoms with van der Waals surface area (Å²) < 4.78 is 16.1. The van der Waals surface area contributed by atoms with Crippen molar-refractivity contribution >= 4 is 0 Å². The summed E-state index contributed by atoms with van der Waals surface area (Å²) in [6.07, 6.45) is 0. The Morgan fingerprint density at radius 1 is 1.00 bits per heavy atom. The molecule has 0 heterocycles. The van der Waals surface area contributed by atoms with Gasteiger partial charge >= 0.3 is 0 Å². The van der Waals surface area contributed by atoms with Gasteiger partial charge in [0.05, 0.1) is 21.3 Å². The minimum Gasteiger partial charge on any atom is -0.496 e. The first kappa shape index (κ1) is 17.6. The molecule has 0 aliphatic rings. The monoisotopic (exact) mass is 296 g/mol. The molecule has 0 atom stereocenters. The summed E-state index contributed by atoms with van der Waals surface area (Å²) in [6, 6.07) is 4.35. The zero-order chi connectivity index (χ0) is 15.8. The lowest BCUT2D eigenvalue weighted by Crippen LogP contribution is -2.32. The fourth-order valence-electron chi connectivity index (χ4n) is 2.13. The topological polar surface area (TPSA) is 43.0 Å². The minimum absolute atomic E-state index is 0.508. The second kappa shape index (κ2) is 8.74. The van der Waals surface area contributed by atoms with Crippen LogP contribution in [0.1, 0.15) is 19.4 Å². The van der Waals surface area contributed by atoms with Gasteiger partial charge in [0, 0.05) is 37.3 Å². The lowest BCUT2D eigenvalue weighted by atomic mass is 10.1. The summed E-state index contributed by atoms with van der Waals surface area (Å²) >= 11 is 0. The summed E-state index contributed by atoms with van der Waals surface area (Å²) in [6.45, 7) is 7.03. The molecule has 1 aromatic rings. The van der Waals surface area contributed by atoms with E-state index in [2.05, 4.69) is 31.1 Å². The molecule has 0 saturated carbocycles. The molecule has 0 amide bonds. The Kier molecular flexibility index (Phi) is 7.32. The van der Waals surface area contributed by atoms with Gasteiger partial charge in [0.15, 0.2) is 11.5 Å². The molecule has 0 radical (unpaired) electrons. The third-order valence-corrected chi connectivity index (χ3v) is 3.27. The van der Waals surface area contributed by atoms with Crippen LogP contribution in [0, 0.1) is 0 Å². The number of benzene rings is 1. The van der Waals surface area contributed by atoms with E-state index in [4.69, 9.17) is 14.2 Å². The molecule has 0 bridgehead atoms. The summed E-state index contributed by atoms with van der Waals surface area (Å²) in [5.74, 6) is 2.22. The van der Waals surface area contributed by atoms with E-state index in [1.807, 2.05) is 12.1 Å². The van der Waals surface area contributed by atoms with Crippen LogP contribution in [0.2, 0.25) is 0 Å². The highest BCUT2D eigenvalue weighted by Gasteiger charge is 2.13. The van der Waals surface area contributed by atoms with Gasteiger partial charge in [-0.3, -0.25) is 0 Å². The molecule has 0 aliphatic carbocycles. The maximum atomic E-state index is 5.45. The molecule has 120 valence electrons. The highest BCUT2D eigenvalue weighted by molar-refractivity contribution is 5.50. The summed E-state index contributed by atoms with van der Waals surface area (Å²) in [4.78, 5) is 2.25. The van der Waals surface area contributed by atoms with Crippen molar-refractivity contribution in [3.8, 4) is 17.2 Å². The first-order valence-electron chi connectivity index (χ1n) is 7.22. The molecule has 0 aliphatic heterocycles. The number of ether oxygens (including phenoxy) is 3. The van der Waals surface area contributed by atoms with Gasteiger partial charge in [0.2, 0.25) is 0 Å². The van der Waals surface area contributed by atoms with Crippen molar-refractivity contribution < 1.29 is 14.2 Å². The molecule has 1 aromatic carbocycles. The summed E-state index contributed by atoms with van der Waals surface area (Å²) in [5, 5.41) is 3.41. The molecule has 0 aromatic heterocycles. The van der Waals surface area contributed by atoms with E-state index in [9.17, 15) is 0 Å². The Balaban J connectivity index is 2.76. The third kappa shape index (κ3) is 5.44. The number of hydrogen-bond acceptors (Lipinski definition) is 5. The maximum Gasteiger partial charge on any atom is 0.164 e. The van der Waals surface area contributed by atoms with Crippen LogP contribution >= 0.6 is 0 Å². The molecule has 0 unspecified atom stereocenters. The Morgan fingerprint density at radius 3 is 2.10 bits per heavy atom. The molecule has 1 rings (SSSR count).